The molecule has 0 radical (unpaired) electrons. The summed E-state index contributed by atoms with van der Waals surface area (Å²) in [6, 6.07) is 4.81. The molecule has 3 nitrogen and oxygen atoms in total. The van der Waals surface area contributed by atoms with E-state index in [2.05, 4.69) is 0 Å². The first kappa shape index (κ1) is 11.3. The number of halogens is 2. The topological polar surface area (TPSA) is 40.5 Å². The molecule has 1 aromatic rings. The number of rotatable bonds is 1. The van der Waals surface area contributed by atoms with E-state index in [1.54, 1.807) is 25.2 Å². The lowest BCUT2D eigenvalue weighted by molar-refractivity contribution is -0.122. The molecule has 2 rings (SSSR count). The smallest absolute Gasteiger partial charge is 0.258 e. The lowest BCUT2D eigenvalue weighted by atomic mass is 10.1. The molecule has 1 aliphatic heterocycles. The van der Waals surface area contributed by atoms with Gasteiger partial charge in [0.1, 0.15) is 5.76 Å². The number of benzene rings is 1. The third-order valence-electron chi connectivity index (χ3n) is 2.44. The summed E-state index contributed by atoms with van der Waals surface area (Å²) >= 11 is 11.8. The zero-order valence-corrected chi connectivity index (χ0v) is 10.0. The Morgan fingerprint density at radius 2 is 2.06 bits per heavy atom. The zero-order valence-electron chi connectivity index (χ0n) is 8.50. The molecular formula is C11H9Cl2NO2. The number of hydrogen-bond donors (Lipinski definition) is 1. The quantitative estimate of drug-likeness (QED) is 0.841. The van der Waals surface area contributed by atoms with Gasteiger partial charge < -0.3 is 10.0 Å². The first-order valence-corrected chi connectivity index (χ1v) is 5.39. The maximum absolute atomic E-state index is 11.8. The highest BCUT2D eigenvalue weighted by Crippen LogP contribution is 2.32. The second-order valence-electron chi connectivity index (χ2n) is 3.61. The fourth-order valence-electron chi connectivity index (χ4n) is 1.65. The molecule has 1 aliphatic rings. The van der Waals surface area contributed by atoms with Gasteiger partial charge >= 0.3 is 0 Å². The molecule has 0 aromatic heterocycles. The number of carbonyl (C=O) groups excluding carboxylic acids is 1. The Hall–Kier alpha value is -1.19. The summed E-state index contributed by atoms with van der Waals surface area (Å²) in [7, 11) is 1.62. The molecule has 0 bridgehead atoms. The molecule has 5 heteroatoms. The van der Waals surface area contributed by atoms with Gasteiger partial charge in [0.25, 0.3) is 5.91 Å². The van der Waals surface area contributed by atoms with Crippen molar-refractivity contribution in [1.29, 1.82) is 0 Å². The first-order chi connectivity index (χ1) is 7.50. The summed E-state index contributed by atoms with van der Waals surface area (Å²) in [6.07, 6.45) is 0. The Balaban J connectivity index is 2.53. The van der Waals surface area contributed by atoms with Crippen LogP contribution < -0.4 is 0 Å². The Kier molecular flexibility index (Phi) is 2.82. The standard InChI is InChI=1S/C11H9Cl2NO2/c1-14-5-9(15)10(11(14)16)7-3-2-6(12)4-8(7)13/h2-4,15H,5H2,1H3. The molecule has 1 amide bonds. The molecule has 1 N–H and O–H groups in total. The predicted molar refractivity (Wildman–Crippen MR) is 63.6 cm³/mol. The third kappa shape index (κ3) is 1.77. The molecule has 0 spiro atoms. The molecule has 0 saturated heterocycles. The van der Waals surface area contributed by atoms with Crippen LogP contribution in [0.5, 0.6) is 0 Å². The highest BCUT2D eigenvalue weighted by molar-refractivity contribution is 6.37. The average Bonchev–Trinajstić information content (AvgIpc) is 2.43. The molecule has 16 heavy (non-hydrogen) atoms. The van der Waals surface area contributed by atoms with Crippen LogP contribution in [0.4, 0.5) is 0 Å². The second-order valence-corrected chi connectivity index (χ2v) is 4.45. The second kappa shape index (κ2) is 4.00. The number of nitrogens with zero attached hydrogens (tertiary/aromatic N) is 1. The first-order valence-electron chi connectivity index (χ1n) is 4.63. The van der Waals surface area contributed by atoms with E-state index in [0.29, 0.717) is 15.6 Å². The van der Waals surface area contributed by atoms with Crippen molar-refractivity contribution in [2.75, 3.05) is 13.6 Å². The van der Waals surface area contributed by atoms with E-state index in [9.17, 15) is 9.90 Å². The van der Waals surface area contributed by atoms with Crippen LogP contribution in [0, 0.1) is 0 Å². The van der Waals surface area contributed by atoms with E-state index in [1.807, 2.05) is 0 Å². The number of amides is 1. The summed E-state index contributed by atoms with van der Waals surface area (Å²) in [5.74, 6) is -0.196. The fourth-order valence-corrected chi connectivity index (χ4v) is 2.16. The van der Waals surface area contributed by atoms with Crippen molar-refractivity contribution in [1.82, 2.24) is 4.90 Å². The average molecular weight is 258 g/mol. The number of hydrogen-bond acceptors (Lipinski definition) is 2. The van der Waals surface area contributed by atoms with E-state index in [1.165, 1.54) is 4.90 Å². The van der Waals surface area contributed by atoms with Gasteiger partial charge in [-0.3, -0.25) is 4.79 Å². The van der Waals surface area contributed by atoms with E-state index >= 15 is 0 Å². The SMILES string of the molecule is CN1CC(O)=C(c2ccc(Cl)cc2Cl)C1=O. The molecule has 84 valence electrons. The Labute approximate surface area is 103 Å². The van der Waals surface area contributed by atoms with Crippen LogP contribution in [0.1, 0.15) is 5.56 Å². The van der Waals surface area contributed by atoms with Gasteiger partial charge in [-0.15, -0.1) is 0 Å². The maximum atomic E-state index is 11.8. The van der Waals surface area contributed by atoms with Crippen molar-refractivity contribution in [2.24, 2.45) is 0 Å². The highest BCUT2D eigenvalue weighted by atomic mass is 35.5. The minimum Gasteiger partial charge on any atom is -0.510 e. The van der Waals surface area contributed by atoms with Gasteiger partial charge in [0.15, 0.2) is 0 Å². The Morgan fingerprint density at radius 1 is 1.38 bits per heavy atom. The molecule has 1 heterocycles. The maximum Gasteiger partial charge on any atom is 0.258 e. The van der Waals surface area contributed by atoms with Crippen molar-refractivity contribution in [3.05, 3.63) is 39.6 Å². The van der Waals surface area contributed by atoms with Crippen molar-refractivity contribution in [2.45, 2.75) is 0 Å². The van der Waals surface area contributed by atoms with Crippen LogP contribution in [-0.4, -0.2) is 29.5 Å². The summed E-state index contributed by atoms with van der Waals surface area (Å²) in [5, 5.41) is 10.6. The molecule has 0 atom stereocenters. The summed E-state index contributed by atoms with van der Waals surface area (Å²) in [6.45, 7) is 0.215. The fraction of sp³-hybridized carbons (Fsp3) is 0.182. The van der Waals surface area contributed by atoms with E-state index in [4.69, 9.17) is 23.2 Å². The van der Waals surface area contributed by atoms with Gasteiger partial charge in [-0.1, -0.05) is 29.3 Å². The lowest BCUT2D eigenvalue weighted by Crippen LogP contribution is -2.21. The predicted octanol–water partition coefficient (Wildman–Crippen LogP) is 2.73. The van der Waals surface area contributed by atoms with E-state index in [0.717, 1.165) is 0 Å². The third-order valence-corrected chi connectivity index (χ3v) is 2.98. The minimum absolute atomic E-state index is 0.0386. The number of carbonyl (C=O) groups is 1. The van der Waals surface area contributed by atoms with Gasteiger partial charge in [-0.25, -0.2) is 0 Å². The molecule has 0 aliphatic carbocycles. The monoisotopic (exact) mass is 257 g/mol. The molecular weight excluding hydrogens is 249 g/mol. The summed E-state index contributed by atoms with van der Waals surface area (Å²) < 4.78 is 0. The summed E-state index contributed by atoms with van der Waals surface area (Å²) in [5.41, 5.74) is 0.766. The molecule has 0 fully saturated rings. The van der Waals surface area contributed by atoms with Crippen LogP contribution in [-0.2, 0) is 4.79 Å². The molecule has 0 saturated carbocycles. The van der Waals surface area contributed by atoms with Crippen LogP contribution in [0.25, 0.3) is 5.57 Å². The number of aliphatic hydroxyl groups is 1. The molecule has 0 unspecified atom stereocenters. The molecule has 1 aromatic carbocycles. The number of likely N-dealkylation sites (N-methyl/N-ethyl adjacent to an activating group) is 1. The zero-order chi connectivity index (χ0) is 11.9. The Bertz CT molecular complexity index is 497. The minimum atomic E-state index is -0.235. The summed E-state index contributed by atoms with van der Waals surface area (Å²) in [4.78, 5) is 13.2. The van der Waals surface area contributed by atoms with Gasteiger partial charge in [0.05, 0.1) is 17.1 Å². The van der Waals surface area contributed by atoms with E-state index in [-0.39, 0.29) is 23.8 Å². The van der Waals surface area contributed by atoms with Gasteiger partial charge in [0, 0.05) is 17.6 Å². The van der Waals surface area contributed by atoms with Crippen LogP contribution in [0.3, 0.4) is 0 Å². The van der Waals surface area contributed by atoms with Gasteiger partial charge in [-0.05, 0) is 12.1 Å². The highest BCUT2D eigenvalue weighted by Gasteiger charge is 2.29. The van der Waals surface area contributed by atoms with Crippen molar-refractivity contribution < 1.29 is 9.90 Å². The largest absolute Gasteiger partial charge is 0.510 e. The Morgan fingerprint density at radius 3 is 2.56 bits per heavy atom. The van der Waals surface area contributed by atoms with Crippen molar-refractivity contribution in [3.63, 3.8) is 0 Å². The van der Waals surface area contributed by atoms with Crippen LogP contribution in [0.15, 0.2) is 24.0 Å². The van der Waals surface area contributed by atoms with Crippen molar-refractivity contribution in [3.8, 4) is 0 Å². The number of aliphatic hydroxyl groups excluding tert-OH is 1. The van der Waals surface area contributed by atoms with E-state index < -0.39 is 0 Å². The van der Waals surface area contributed by atoms with Crippen LogP contribution >= 0.6 is 23.2 Å². The van der Waals surface area contributed by atoms with Gasteiger partial charge in [-0.2, -0.15) is 0 Å². The van der Waals surface area contributed by atoms with Gasteiger partial charge in [0.2, 0.25) is 0 Å². The lowest BCUT2D eigenvalue weighted by Gasteiger charge is -2.08. The normalized spacial score (nSPS) is 16.2. The van der Waals surface area contributed by atoms with Crippen molar-refractivity contribution >= 4 is 34.7 Å². The van der Waals surface area contributed by atoms with Crippen LogP contribution in [0.2, 0.25) is 10.0 Å².